The first-order chi connectivity index (χ1) is 12.2. The summed E-state index contributed by atoms with van der Waals surface area (Å²) in [4.78, 5) is 14.8. The fourth-order valence-corrected chi connectivity index (χ4v) is 2.51. The summed E-state index contributed by atoms with van der Waals surface area (Å²) in [6, 6.07) is 10.1. The second-order valence-corrected chi connectivity index (χ2v) is 6.12. The lowest BCUT2D eigenvalue weighted by molar-refractivity contribution is 0.281. The van der Waals surface area contributed by atoms with Crippen molar-refractivity contribution in [3.05, 3.63) is 54.6 Å². The van der Waals surface area contributed by atoms with E-state index in [2.05, 4.69) is 51.4 Å². The third-order valence-electron chi connectivity index (χ3n) is 3.84. The highest BCUT2D eigenvalue weighted by molar-refractivity contribution is 5.87. The third kappa shape index (κ3) is 4.87. The van der Waals surface area contributed by atoms with Crippen LogP contribution in [0.5, 0.6) is 5.75 Å². The van der Waals surface area contributed by atoms with Crippen LogP contribution >= 0.6 is 0 Å². The number of hydrogen-bond acceptors (Lipinski definition) is 6. The van der Waals surface area contributed by atoms with Gasteiger partial charge in [0.1, 0.15) is 17.9 Å². The normalized spacial score (nSPS) is 11.0. The number of rotatable bonds is 8. The highest BCUT2D eigenvalue weighted by Crippen LogP contribution is 2.19. The Bertz CT molecular complexity index is 799. The van der Waals surface area contributed by atoms with Crippen LogP contribution in [0.1, 0.15) is 12.0 Å². The van der Waals surface area contributed by atoms with E-state index >= 15 is 0 Å². The number of ether oxygens (including phenoxy) is 1. The molecule has 25 heavy (non-hydrogen) atoms. The Hall–Kier alpha value is -2.73. The minimum Gasteiger partial charge on any atom is -0.494 e. The van der Waals surface area contributed by atoms with E-state index < -0.39 is 0 Å². The van der Waals surface area contributed by atoms with Crippen molar-refractivity contribution in [3.8, 4) is 5.75 Å². The number of hydrogen-bond donors (Lipinski definition) is 1. The average Bonchev–Trinajstić information content (AvgIpc) is 2.64. The lowest BCUT2D eigenvalue weighted by Crippen LogP contribution is -2.15. The summed E-state index contributed by atoms with van der Waals surface area (Å²) in [6.07, 6.45) is 6.06. The lowest BCUT2D eigenvalue weighted by atomic mass is 10.2. The van der Waals surface area contributed by atoms with Crippen molar-refractivity contribution in [3.63, 3.8) is 0 Å². The Morgan fingerprint density at radius 1 is 1.08 bits per heavy atom. The number of fused-ring (bicyclic) bond motifs is 1. The van der Waals surface area contributed by atoms with Crippen LogP contribution in [0.3, 0.4) is 0 Å². The minimum absolute atomic E-state index is 0.690. The van der Waals surface area contributed by atoms with E-state index in [1.54, 1.807) is 18.7 Å². The maximum Gasteiger partial charge on any atom is 0.137 e. The van der Waals surface area contributed by atoms with Crippen molar-refractivity contribution in [2.75, 3.05) is 32.6 Å². The first-order valence-electron chi connectivity index (χ1n) is 8.37. The topological polar surface area (TPSA) is 63.2 Å². The van der Waals surface area contributed by atoms with E-state index in [4.69, 9.17) is 4.74 Å². The maximum absolute atomic E-state index is 5.76. The molecule has 0 radical (unpaired) electrons. The van der Waals surface area contributed by atoms with Gasteiger partial charge in [-0.3, -0.25) is 4.98 Å². The Balaban J connectivity index is 1.55. The smallest absolute Gasteiger partial charge is 0.137 e. The van der Waals surface area contributed by atoms with Crippen LogP contribution in [-0.4, -0.2) is 47.1 Å². The molecule has 6 nitrogen and oxygen atoms in total. The highest BCUT2D eigenvalue weighted by atomic mass is 16.5. The van der Waals surface area contributed by atoms with E-state index in [1.807, 2.05) is 18.2 Å². The molecule has 1 N–H and O–H groups in total. The lowest BCUT2D eigenvalue weighted by Gasteiger charge is -2.11. The SMILES string of the molecule is CN(C)CCCOc1ccc(CNc2ncnc3cnccc23)cc1. The molecule has 130 valence electrons. The monoisotopic (exact) mass is 337 g/mol. The molecule has 0 aliphatic carbocycles. The van der Waals surface area contributed by atoms with Gasteiger partial charge in [0, 0.05) is 24.7 Å². The van der Waals surface area contributed by atoms with E-state index in [9.17, 15) is 0 Å². The molecule has 0 saturated carbocycles. The van der Waals surface area contributed by atoms with Crippen LogP contribution in [0.25, 0.3) is 10.9 Å². The van der Waals surface area contributed by atoms with Gasteiger partial charge in [-0.1, -0.05) is 12.1 Å². The number of anilines is 1. The van der Waals surface area contributed by atoms with Crippen molar-refractivity contribution in [2.24, 2.45) is 0 Å². The zero-order valence-electron chi connectivity index (χ0n) is 14.6. The fraction of sp³-hybridized carbons (Fsp3) is 0.316. The molecule has 0 aliphatic rings. The van der Waals surface area contributed by atoms with Gasteiger partial charge in [-0.05, 0) is 44.3 Å². The van der Waals surface area contributed by atoms with Crippen LogP contribution in [0.4, 0.5) is 5.82 Å². The molecule has 0 amide bonds. The molecule has 3 rings (SSSR count). The number of benzene rings is 1. The van der Waals surface area contributed by atoms with E-state index in [1.165, 1.54) is 5.56 Å². The zero-order chi connectivity index (χ0) is 17.5. The van der Waals surface area contributed by atoms with Crippen LogP contribution in [0, 0.1) is 0 Å². The average molecular weight is 337 g/mol. The molecule has 0 unspecified atom stereocenters. The van der Waals surface area contributed by atoms with Gasteiger partial charge in [-0.15, -0.1) is 0 Å². The quantitative estimate of drug-likeness (QED) is 0.638. The van der Waals surface area contributed by atoms with Crippen LogP contribution in [0.15, 0.2) is 49.1 Å². The molecular weight excluding hydrogens is 314 g/mol. The molecule has 3 aromatic rings. The zero-order valence-corrected chi connectivity index (χ0v) is 14.6. The number of nitrogens with zero attached hydrogens (tertiary/aromatic N) is 4. The van der Waals surface area contributed by atoms with Crippen molar-refractivity contribution in [2.45, 2.75) is 13.0 Å². The van der Waals surface area contributed by atoms with E-state index in [0.717, 1.165) is 42.0 Å². The molecule has 0 saturated heterocycles. The van der Waals surface area contributed by atoms with Crippen LogP contribution < -0.4 is 10.1 Å². The molecule has 0 atom stereocenters. The molecule has 6 heteroatoms. The fourth-order valence-electron chi connectivity index (χ4n) is 2.51. The van der Waals surface area contributed by atoms with Crippen molar-refractivity contribution >= 4 is 16.7 Å². The van der Waals surface area contributed by atoms with E-state index in [-0.39, 0.29) is 0 Å². The molecule has 0 fully saturated rings. The van der Waals surface area contributed by atoms with Gasteiger partial charge in [0.2, 0.25) is 0 Å². The van der Waals surface area contributed by atoms with Gasteiger partial charge in [0.05, 0.1) is 18.3 Å². The van der Waals surface area contributed by atoms with Crippen LogP contribution in [-0.2, 0) is 6.54 Å². The van der Waals surface area contributed by atoms with Gasteiger partial charge in [-0.2, -0.15) is 0 Å². The number of nitrogens with one attached hydrogen (secondary N) is 1. The van der Waals surface area contributed by atoms with Gasteiger partial charge in [0.25, 0.3) is 0 Å². The predicted octanol–water partition coefficient (Wildman–Crippen LogP) is 2.97. The molecule has 2 aromatic heterocycles. The first-order valence-corrected chi connectivity index (χ1v) is 8.37. The van der Waals surface area contributed by atoms with Crippen molar-refractivity contribution < 1.29 is 4.74 Å². The Labute approximate surface area is 147 Å². The van der Waals surface area contributed by atoms with Gasteiger partial charge >= 0.3 is 0 Å². The Morgan fingerprint density at radius 3 is 2.72 bits per heavy atom. The van der Waals surface area contributed by atoms with Gasteiger partial charge < -0.3 is 15.0 Å². The molecule has 1 aromatic carbocycles. The van der Waals surface area contributed by atoms with Gasteiger partial charge in [0.15, 0.2) is 0 Å². The summed E-state index contributed by atoms with van der Waals surface area (Å²) >= 11 is 0. The first kappa shape index (κ1) is 17.1. The highest BCUT2D eigenvalue weighted by Gasteiger charge is 2.03. The summed E-state index contributed by atoms with van der Waals surface area (Å²) < 4.78 is 5.76. The maximum atomic E-state index is 5.76. The second kappa shape index (κ2) is 8.39. The molecule has 0 spiro atoms. The third-order valence-corrected chi connectivity index (χ3v) is 3.84. The number of pyridine rings is 1. The molecular formula is C19H23N5O. The van der Waals surface area contributed by atoms with Crippen molar-refractivity contribution in [1.29, 1.82) is 0 Å². The summed E-state index contributed by atoms with van der Waals surface area (Å²) in [7, 11) is 4.14. The molecule has 0 bridgehead atoms. The van der Waals surface area contributed by atoms with Crippen molar-refractivity contribution in [1.82, 2.24) is 19.9 Å². The largest absolute Gasteiger partial charge is 0.494 e. The Morgan fingerprint density at radius 2 is 1.92 bits per heavy atom. The van der Waals surface area contributed by atoms with Crippen LogP contribution in [0.2, 0.25) is 0 Å². The number of aromatic nitrogens is 3. The molecule has 0 aliphatic heterocycles. The van der Waals surface area contributed by atoms with Gasteiger partial charge in [-0.25, -0.2) is 9.97 Å². The summed E-state index contributed by atoms with van der Waals surface area (Å²) in [5, 5.41) is 4.33. The summed E-state index contributed by atoms with van der Waals surface area (Å²) in [5.41, 5.74) is 2.00. The minimum atomic E-state index is 0.690. The Kier molecular flexibility index (Phi) is 5.74. The molecule has 2 heterocycles. The predicted molar refractivity (Wildman–Crippen MR) is 99.8 cm³/mol. The second-order valence-electron chi connectivity index (χ2n) is 6.12. The summed E-state index contributed by atoms with van der Waals surface area (Å²) in [6.45, 7) is 2.45. The van der Waals surface area contributed by atoms with E-state index in [0.29, 0.717) is 6.54 Å². The summed E-state index contributed by atoms with van der Waals surface area (Å²) in [5.74, 6) is 1.72. The standard InChI is InChI=1S/C19H23N5O/c1-24(2)10-3-11-25-16-6-4-15(5-7-16)12-21-19-17-8-9-20-13-18(17)22-14-23-19/h4-9,13-14H,3,10-12H2,1-2H3,(H,21,22,23).